The predicted octanol–water partition coefficient (Wildman–Crippen LogP) is 1.70. The molecule has 0 unspecified atom stereocenters. The Bertz CT molecular complexity index is 473. The highest BCUT2D eigenvalue weighted by Crippen LogP contribution is 2.23. The number of hydrogen-bond acceptors (Lipinski definition) is 5. The van der Waals surface area contributed by atoms with Gasteiger partial charge in [-0.05, 0) is 24.8 Å². The third-order valence-corrected chi connectivity index (χ3v) is 3.46. The van der Waals surface area contributed by atoms with Gasteiger partial charge in [0.2, 0.25) is 0 Å². The molecule has 0 bridgehead atoms. The Balaban J connectivity index is 2.42. The van der Waals surface area contributed by atoms with Gasteiger partial charge in [-0.15, -0.1) is 5.10 Å². The van der Waals surface area contributed by atoms with Crippen molar-refractivity contribution in [1.29, 1.82) is 5.26 Å². The number of rotatable bonds is 3. The summed E-state index contributed by atoms with van der Waals surface area (Å²) in [6.45, 7) is 7.22. The van der Waals surface area contributed by atoms with E-state index in [2.05, 4.69) is 28.1 Å². The first-order valence-electron chi connectivity index (χ1n) is 6.93. The van der Waals surface area contributed by atoms with Crippen LogP contribution in [0.3, 0.4) is 0 Å². The molecule has 1 aromatic heterocycles. The molecule has 0 radical (unpaired) electrons. The zero-order chi connectivity index (χ0) is 13.7. The van der Waals surface area contributed by atoms with E-state index in [0.717, 1.165) is 56.0 Å². The van der Waals surface area contributed by atoms with Crippen LogP contribution in [-0.2, 0) is 17.6 Å². The third-order valence-electron chi connectivity index (χ3n) is 3.46. The fraction of sp³-hybridized carbons (Fsp3) is 0.643. The number of hydrogen-bond donors (Lipinski definition) is 0. The highest BCUT2D eigenvalue weighted by atomic mass is 16.5. The largest absolute Gasteiger partial charge is 0.380 e. The maximum Gasteiger partial charge on any atom is 0.169 e. The van der Waals surface area contributed by atoms with Gasteiger partial charge in [0.1, 0.15) is 11.6 Å². The minimum absolute atomic E-state index is 0.684. The molecule has 102 valence electrons. The summed E-state index contributed by atoms with van der Waals surface area (Å²) in [7, 11) is 0. The Hall–Kier alpha value is -1.67. The molecule has 1 aromatic rings. The molecule has 1 fully saturated rings. The first-order chi connectivity index (χ1) is 9.31. The molecular weight excluding hydrogens is 240 g/mol. The number of ether oxygens (including phenoxy) is 1. The van der Waals surface area contributed by atoms with Crippen molar-refractivity contribution in [2.45, 2.75) is 33.1 Å². The topological polar surface area (TPSA) is 62.0 Å². The molecule has 2 heterocycles. The highest BCUT2D eigenvalue weighted by Gasteiger charge is 2.20. The fourth-order valence-corrected chi connectivity index (χ4v) is 2.46. The van der Waals surface area contributed by atoms with Crippen LogP contribution in [0.2, 0.25) is 0 Å². The standard InChI is InChI=1S/C14H20N4O/c1-3-11-12(10-15)14(17-16-13(11)4-2)18-6-5-8-19-9-7-18/h3-9H2,1-2H3. The summed E-state index contributed by atoms with van der Waals surface area (Å²) in [5.41, 5.74) is 2.67. The molecule has 1 aliphatic heterocycles. The van der Waals surface area contributed by atoms with Gasteiger partial charge >= 0.3 is 0 Å². The van der Waals surface area contributed by atoms with E-state index in [-0.39, 0.29) is 0 Å². The minimum atomic E-state index is 0.684. The second-order valence-electron chi connectivity index (χ2n) is 4.60. The maximum absolute atomic E-state index is 9.48. The first kappa shape index (κ1) is 13.8. The SMILES string of the molecule is CCc1nnc(N2CCCOCC2)c(C#N)c1CC. The first-order valence-corrected chi connectivity index (χ1v) is 6.93. The molecule has 1 saturated heterocycles. The number of nitriles is 1. The molecule has 0 spiro atoms. The predicted molar refractivity (Wildman–Crippen MR) is 73.2 cm³/mol. The summed E-state index contributed by atoms with van der Waals surface area (Å²) in [4.78, 5) is 2.12. The molecule has 0 aromatic carbocycles. The van der Waals surface area contributed by atoms with E-state index in [9.17, 15) is 5.26 Å². The molecule has 1 aliphatic rings. The lowest BCUT2D eigenvalue weighted by atomic mass is 10.0. The van der Waals surface area contributed by atoms with Crippen LogP contribution in [-0.4, -0.2) is 36.5 Å². The van der Waals surface area contributed by atoms with Crippen LogP contribution in [0.15, 0.2) is 0 Å². The van der Waals surface area contributed by atoms with E-state index in [4.69, 9.17) is 4.74 Å². The second-order valence-corrected chi connectivity index (χ2v) is 4.60. The zero-order valence-corrected chi connectivity index (χ0v) is 11.6. The summed E-state index contributed by atoms with van der Waals surface area (Å²) in [6.07, 6.45) is 2.59. The van der Waals surface area contributed by atoms with E-state index in [1.807, 2.05) is 6.92 Å². The van der Waals surface area contributed by atoms with Crippen molar-refractivity contribution in [2.75, 3.05) is 31.2 Å². The molecule has 0 saturated carbocycles. The van der Waals surface area contributed by atoms with Crippen molar-refractivity contribution in [1.82, 2.24) is 10.2 Å². The van der Waals surface area contributed by atoms with Crippen molar-refractivity contribution in [3.8, 4) is 6.07 Å². The van der Waals surface area contributed by atoms with Gasteiger partial charge in [0.15, 0.2) is 5.82 Å². The van der Waals surface area contributed by atoms with Crippen LogP contribution in [0.25, 0.3) is 0 Å². The van der Waals surface area contributed by atoms with Gasteiger partial charge in [-0.2, -0.15) is 10.4 Å². The van der Waals surface area contributed by atoms with Gasteiger partial charge in [0.05, 0.1) is 12.3 Å². The normalized spacial score (nSPS) is 15.9. The number of aromatic nitrogens is 2. The summed E-state index contributed by atoms with van der Waals surface area (Å²) in [5.74, 6) is 0.724. The zero-order valence-electron chi connectivity index (χ0n) is 11.6. The fourth-order valence-electron chi connectivity index (χ4n) is 2.46. The molecule has 0 amide bonds. The summed E-state index contributed by atoms with van der Waals surface area (Å²) >= 11 is 0. The molecule has 5 heteroatoms. The third kappa shape index (κ3) is 2.85. The van der Waals surface area contributed by atoms with Crippen molar-refractivity contribution in [3.63, 3.8) is 0 Å². The lowest BCUT2D eigenvalue weighted by Crippen LogP contribution is -2.28. The lowest BCUT2D eigenvalue weighted by Gasteiger charge is -2.22. The molecule has 2 rings (SSSR count). The van der Waals surface area contributed by atoms with E-state index >= 15 is 0 Å². The van der Waals surface area contributed by atoms with E-state index in [1.165, 1.54) is 0 Å². The van der Waals surface area contributed by atoms with Gasteiger partial charge < -0.3 is 9.64 Å². The van der Waals surface area contributed by atoms with Crippen LogP contribution in [0.5, 0.6) is 0 Å². The van der Waals surface area contributed by atoms with E-state index < -0.39 is 0 Å². The Morgan fingerprint density at radius 2 is 2.05 bits per heavy atom. The summed E-state index contributed by atoms with van der Waals surface area (Å²) in [6, 6.07) is 2.32. The molecular formula is C14H20N4O. The van der Waals surface area contributed by atoms with Crippen molar-refractivity contribution in [3.05, 3.63) is 16.8 Å². The van der Waals surface area contributed by atoms with Crippen molar-refractivity contribution in [2.24, 2.45) is 0 Å². The Morgan fingerprint density at radius 1 is 1.21 bits per heavy atom. The lowest BCUT2D eigenvalue weighted by molar-refractivity contribution is 0.152. The maximum atomic E-state index is 9.48. The smallest absolute Gasteiger partial charge is 0.169 e. The molecule has 19 heavy (non-hydrogen) atoms. The Kier molecular flexibility index (Phi) is 4.69. The summed E-state index contributed by atoms with van der Waals surface area (Å²) < 4.78 is 5.45. The van der Waals surface area contributed by atoms with Crippen LogP contribution in [0.1, 0.15) is 37.1 Å². The van der Waals surface area contributed by atoms with E-state index in [1.54, 1.807) is 0 Å². The van der Waals surface area contributed by atoms with Crippen molar-refractivity contribution < 1.29 is 4.74 Å². The summed E-state index contributed by atoms with van der Waals surface area (Å²) in [5, 5.41) is 18.1. The number of nitrogens with zero attached hydrogens (tertiary/aromatic N) is 4. The average molecular weight is 260 g/mol. The number of anilines is 1. The van der Waals surface area contributed by atoms with Crippen LogP contribution >= 0.6 is 0 Å². The van der Waals surface area contributed by atoms with Crippen molar-refractivity contribution >= 4 is 5.82 Å². The van der Waals surface area contributed by atoms with Crippen LogP contribution in [0.4, 0.5) is 5.82 Å². The van der Waals surface area contributed by atoms with Gasteiger partial charge in [-0.3, -0.25) is 0 Å². The molecule has 0 atom stereocenters. The molecule has 5 nitrogen and oxygen atoms in total. The highest BCUT2D eigenvalue weighted by molar-refractivity contribution is 5.58. The second kappa shape index (κ2) is 6.48. The Labute approximate surface area is 114 Å². The van der Waals surface area contributed by atoms with Crippen LogP contribution in [0, 0.1) is 11.3 Å². The molecule has 0 aliphatic carbocycles. The Morgan fingerprint density at radius 3 is 2.74 bits per heavy atom. The number of aryl methyl sites for hydroxylation is 1. The molecule has 0 N–H and O–H groups in total. The van der Waals surface area contributed by atoms with Gasteiger partial charge in [-0.1, -0.05) is 13.8 Å². The van der Waals surface area contributed by atoms with Gasteiger partial charge in [0, 0.05) is 19.7 Å². The monoisotopic (exact) mass is 260 g/mol. The van der Waals surface area contributed by atoms with Gasteiger partial charge in [0.25, 0.3) is 0 Å². The van der Waals surface area contributed by atoms with Gasteiger partial charge in [-0.25, -0.2) is 0 Å². The van der Waals surface area contributed by atoms with E-state index in [0.29, 0.717) is 12.2 Å². The van der Waals surface area contributed by atoms with Crippen LogP contribution < -0.4 is 4.90 Å². The quantitative estimate of drug-likeness (QED) is 0.827. The average Bonchev–Trinajstić information content (AvgIpc) is 2.74. The minimum Gasteiger partial charge on any atom is -0.380 e.